The Bertz CT molecular complexity index is 323. The Balaban J connectivity index is 2.52. The van der Waals surface area contributed by atoms with Gasteiger partial charge < -0.3 is 0 Å². The molecule has 0 aromatic carbocycles. The lowest BCUT2D eigenvalue weighted by Crippen LogP contribution is -2.55. The van der Waals surface area contributed by atoms with Gasteiger partial charge in [-0.15, -0.1) is 11.6 Å². The standard InChI is InChI=1S/C11H22ClNO2S/c1-10(2,3)7-8-16(14,15)13-11(9-12)5-4-6-11/h13H,4-9H2,1-3H3. The number of rotatable bonds is 5. The van der Waals surface area contributed by atoms with Crippen LogP contribution < -0.4 is 4.72 Å². The number of hydrogen-bond donors (Lipinski definition) is 1. The molecule has 0 atom stereocenters. The fourth-order valence-electron chi connectivity index (χ4n) is 1.69. The second kappa shape index (κ2) is 4.83. The molecular formula is C11H22ClNO2S. The molecule has 0 amide bonds. The quantitative estimate of drug-likeness (QED) is 0.778. The summed E-state index contributed by atoms with van der Waals surface area (Å²) in [5, 5.41) is 0. The highest BCUT2D eigenvalue weighted by Gasteiger charge is 2.39. The van der Waals surface area contributed by atoms with E-state index in [1.54, 1.807) is 0 Å². The number of hydrogen-bond acceptors (Lipinski definition) is 2. The van der Waals surface area contributed by atoms with E-state index in [9.17, 15) is 8.42 Å². The third-order valence-electron chi connectivity index (χ3n) is 3.06. The Morgan fingerprint density at radius 1 is 1.31 bits per heavy atom. The van der Waals surface area contributed by atoms with Gasteiger partial charge in [-0.05, 0) is 31.1 Å². The third-order valence-corrected chi connectivity index (χ3v) is 5.06. The highest BCUT2D eigenvalue weighted by molar-refractivity contribution is 7.89. The van der Waals surface area contributed by atoms with Gasteiger partial charge in [-0.25, -0.2) is 13.1 Å². The maximum atomic E-state index is 11.9. The van der Waals surface area contributed by atoms with Gasteiger partial charge in [-0.3, -0.25) is 0 Å². The molecule has 96 valence electrons. The third kappa shape index (κ3) is 4.22. The average molecular weight is 268 g/mol. The van der Waals surface area contributed by atoms with Gasteiger partial charge in [0.25, 0.3) is 0 Å². The molecule has 0 radical (unpaired) electrons. The van der Waals surface area contributed by atoms with E-state index < -0.39 is 10.0 Å². The Kier molecular flexibility index (Phi) is 4.30. The molecule has 0 aliphatic heterocycles. The average Bonchev–Trinajstić information content (AvgIpc) is 2.08. The Labute approximate surface area is 104 Å². The van der Waals surface area contributed by atoms with Crippen LogP contribution >= 0.6 is 11.6 Å². The van der Waals surface area contributed by atoms with Crippen molar-refractivity contribution in [3.63, 3.8) is 0 Å². The van der Waals surface area contributed by atoms with Gasteiger partial charge >= 0.3 is 0 Å². The monoisotopic (exact) mass is 267 g/mol. The summed E-state index contributed by atoms with van der Waals surface area (Å²) in [7, 11) is -3.18. The number of sulfonamides is 1. The number of halogens is 1. The molecule has 0 bridgehead atoms. The summed E-state index contributed by atoms with van der Waals surface area (Å²) in [5.41, 5.74) is -0.305. The maximum absolute atomic E-state index is 11.9. The minimum Gasteiger partial charge on any atom is -0.212 e. The predicted octanol–water partition coefficient (Wildman–Crippen LogP) is 2.50. The molecule has 1 saturated carbocycles. The summed E-state index contributed by atoms with van der Waals surface area (Å²) < 4.78 is 26.5. The van der Waals surface area contributed by atoms with Crippen molar-refractivity contribution in [2.75, 3.05) is 11.6 Å². The minimum atomic E-state index is -3.18. The molecule has 0 saturated heterocycles. The van der Waals surface area contributed by atoms with Crippen LogP contribution in [0.5, 0.6) is 0 Å². The molecule has 0 aromatic rings. The van der Waals surface area contributed by atoms with Crippen LogP contribution in [0, 0.1) is 5.41 Å². The molecule has 1 N–H and O–H groups in total. The van der Waals surface area contributed by atoms with Gasteiger partial charge in [-0.1, -0.05) is 20.8 Å². The van der Waals surface area contributed by atoms with Crippen LogP contribution in [0.4, 0.5) is 0 Å². The first kappa shape index (κ1) is 14.3. The Morgan fingerprint density at radius 2 is 1.88 bits per heavy atom. The van der Waals surface area contributed by atoms with Crippen LogP contribution in [0.15, 0.2) is 0 Å². The largest absolute Gasteiger partial charge is 0.212 e. The summed E-state index contributed by atoms with van der Waals surface area (Å²) in [6, 6.07) is 0. The normalized spacial score (nSPS) is 20.5. The van der Waals surface area contributed by atoms with Crippen molar-refractivity contribution >= 4 is 21.6 Å². The fourth-order valence-corrected chi connectivity index (χ4v) is 4.02. The van der Waals surface area contributed by atoms with E-state index in [0.717, 1.165) is 19.3 Å². The van der Waals surface area contributed by atoms with E-state index in [1.165, 1.54) is 0 Å². The van der Waals surface area contributed by atoms with Crippen molar-refractivity contribution in [3.8, 4) is 0 Å². The molecule has 0 unspecified atom stereocenters. The zero-order valence-electron chi connectivity index (χ0n) is 10.3. The molecule has 16 heavy (non-hydrogen) atoms. The van der Waals surface area contributed by atoms with Crippen molar-refractivity contribution in [2.24, 2.45) is 5.41 Å². The van der Waals surface area contributed by atoms with E-state index in [-0.39, 0.29) is 16.7 Å². The van der Waals surface area contributed by atoms with Crippen molar-refractivity contribution in [1.29, 1.82) is 0 Å². The van der Waals surface area contributed by atoms with E-state index in [1.807, 2.05) is 20.8 Å². The van der Waals surface area contributed by atoms with Gasteiger partial charge in [-0.2, -0.15) is 0 Å². The lowest BCUT2D eigenvalue weighted by molar-refractivity contribution is 0.251. The molecule has 5 heteroatoms. The Morgan fingerprint density at radius 3 is 2.19 bits per heavy atom. The van der Waals surface area contributed by atoms with E-state index in [0.29, 0.717) is 12.3 Å². The van der Waals surface area contributed by atoms with Gasteiger partial charge in [0.15, 0.2) is 0 Å². The highest BCUT2D eigenvalue weighted by Crippen LogP contribution is 2.33. The zero-order chi connectivity index (χ0) is 12.4. The zero-order valence-corrected chi connectivity index (χ0v) is 11.9. The Hall–Kier alpha value is 0.200. The van der Waals surface area contributed by atoms with Gasteiger partial charge in [0.05, 0.1) is 5.75 Å². The van der Waals surface area contributed by atoms with Crippen molar-refractivity contribution in [1.82, 2.24) is 4.72 Å². The molecule has 1 fully saturated rings. The lowest BCUT2D eigenvalue weighted by Gasteiger charge is -2.40. The summed E-state index contributed by atoms with van der Waals surface area (Å²) in [5.74, 6) is 0.566. The fraction of sp³-hybridized carbons (Fsp3) is 1.00. The van der Waals surface area contributed by atoms with Crippen LogP contribution in [0.1, 0.15) is 46.5 Å². The summed E-state index contributed by atoms with van der Waals surface area (Å²) in [4.78, 5) is 0. The maximum Gasteiger partial charge on any atom is 0.212 e. The summed E-state index contributed by atoms with van der Waals surface area (Å²) in [6.45, 7) is 6.13. The first-order chi connectivity index (χ1) is 7.18. The lowest BCUT2D eigenvalue weighted by atomic mass is 9.79. The topological polar surface area (TPSA) is 46.2 Å². The second-order valence-electron chi connectivity index (χ2n) is 6.00. The molecule has 0 heterocycles. The van der Waals surface area contributed by atoms with Gasteiger partial charge in [0.1, 0.15) is 0 Å². The highest BCUT2D eigenvalue weighted by atomic mass is 35.5. The first-order valence-electron chi connectivity index (χ1n) is 5.76. The van der Waals surface area contributed by atoms with Crippen LogP contribution in [0.25, 0.3) is 0 Å². The molecule has 3 nitrogen and oxygen atoms in total. The second-order valence-corrected chi connectivity index (χ2v) is 8.11. The SMILES string of the molecule is CC(C)(C)CCS(=O)(=O)NC1(CCl)CCC1. The summed E-state index contributed by atoms with van der Waals surface area (Å²) >= 11 is 5.83. The van der Waals surface area contributed by atoms with Crippen LogP contribution in [0.2, 0.25) is 0 Å². The van der Waals surface area contributed by atoms with Crippen LogP contribution in [-0.2, 0) is 10.0 Å². The van der Waals surface area contributed by atoms with Gasteiger partial charge in [0.2, 0.25) is 10.0 Å². The summed E-state index contributed by atoms with van der Waals surface area (Å²) in [6.07, 6.45) is 3.46. The minimum absolute atomic E-state index is 0.0441. The van der Waals surface area contributed by atoms with Gasteiger partial charge in [0, 0.05) is 11.4 Å². The van der Waals surface area contributed by atoms with Crippen molar-refractivity contribution in [3.05, 3.63) is 0 Å². The smallest absolute Gasteiger partial charge is 0.212 e. The molecule has 0 aromatic heterocycles. The molecule has 0 spiro atoms. The number of nitrogens with one attached hydrogen (secondary N) is 1. The van der Waals surface area contributed by atoms with E-state index in [4.69, 9.17) is 11.6 Å². The van der Waals surface area contributed by atoms with E-state index in [2.05, 4.69) is 4.72 Å². The molecule has 1 aliphatic rings. The van der Waals surface area contributed by atoms with E-state index >= 15 is 0 Å². The van der Waals surface area contributed by atoms with Crippen LogP contribution in [0.3, 0.4) is 0 Å². The molecule has 1 rings (SSSR count). The van der Waals surface area contributed by atoms with Crippen molar-refractivity contribution < 1.29 is 8.42 Å². The predicted molar refractivity (Wildman–Crippen MR) is 68.3 cm³/mol. The molecular weight excluding hydrogens is 246 g/mol. The van der Waals surface area contributed by atoms with Crippen LogP contribution in [-0.4, -0.2) is 25.6 Å². The van der Waals surface area contributed by atoms with Crippen molar-refractivity contribution in [2.45, 2.75) is 52.0 Å². The number of alkyl halides is 1. The molecule has 1 aliphatic carbocycles. The first-order valence-corrected chi connectivity index (χ1v) is 7.94.